The van der Waals surface area contributed by atoms with Gasteiger partial charge in [-0.15, -0.1) is 0 Å². The Hall–Kier alpha value is -1.29. The average Bonchev–Trinajstić information content (AvgIpc) is 3.01. The number of rotatable bonds is 9. The fourth-order valence-electron chi connectivity index (χ4n) is 4.22. The number of hydrogen-bond acceptors (Lipinski definition) is 6. The normalized spacial score (nSPS) is 19.1. The molecule has 1 aliphatic rings. The first-order valence-electron chi connectivity index (χ1n) is 12.3. The second-order valence-electron chi connectivity index (χ2n) is 8.98. The number of hydrogen-bond donors (Lipinski definition) is 3. The van der Waals surface area contributed by atoms with Gasteiger partial charge in [0.25, 0.3) is 0 Å². The van der Waals surface area contributed by atoms with Gasteiger partial charge in [-0.2, -0.15) is 0 Å². The van der Waals surface area contributed by atoms with E-state index in [0.717, 1.165) is 55.2 Å². The third-order valence-corrected chi connectivity index (χ3v) is 11.0. The Morgan fingerprint density at radius 2 is 0.639 bits per heavy atom. The average molecular weight is 544 g/mol. The van der Waals surface area contributed by atoms with Gasteiger partial charge in [0.1, 0.15) is 0 Å². The SMILES string of the molecule is OP(CN1CCN(CP(O)c2ccccc2)CCN(CP(O)c2ccccc2)CC1)c1ccccc1. The van der Waals surface area contributed by atoms with Crippen LogP contribution in [0.4, 0.5) is 0 Å². The van der Waals surface area contributed by atoms with Crippen molar-refractivity contribution >= 4 is 40.4 Å². The molecular weight excluding hydrogens is 507 g/mol. The molecule has 192 valence electrons. The fourth-order valence-corrected chi connectivity index (χ4v) is 8.25. The summed E-state index contributed by atoms with van der Waals surface area (Å²) in [4.78, 5) is 39.9. The number of benzene rings is 3. The van der Waals surface area contributed by atoms with Gasteiger partial charge in [-0.25, -0.2) is 0 Å². The molecule has 0 radical (unpaired) electrons. The molecule has 1 heterocycles. The van der Waals surface area contributed by atoms with Crippen molar-refractivity contribution in [2.75, 3.05) is 58.1 Å². The van der Waals surface area contributed by atoms with E-state index in [0.29, 0.717) is 18.9 Å². The highest BCUT2D eigenvalue weighted by Crippen LogP contribution is 2.33. The summed E-state index contributed by atoms with van der Waals surface area (Å²) >= 11 is 0. The summed E-state index contributed by atoms with van der Waals surface area (Å²) in [6.07, 6.45) is 1.88. The van der Waals surface area contributed by atoms with Crippen LogP contribution in [0.5, 0.6) is 0 Å². The van der Waals surface area contributed by atoms with E-state index in [9.17, 15) is 14.7 Å². The molecule has 9 heteroatoms. The molecule has 0 aromatic heterocycles. The minimum Gasteiger partial charge on any atom is -0.368 e. The molecule has 1 aliphatic heterocycles. The van der Waals surface area contributed by atoms with Crippen molar-refractivity contribution in [2.24, 2.45) is 0 Å². The fraction of sp³-hybridized carbons (Fsp3) is 0.333. The molecule has 3 atom stereocenters. The maximum atomic E-state index is 10.9. The molecule has 3 unspecified atom stereocenters. The molecule has 36 heavy (non-hydrogen) atoms. The van der Waals surface area contributed by atoms with E-state index in [4.69, 9.17) is 0 Å². The lowest BCUT2D eigenvalue weighted by Crippen LogP contribution is -2.37. The summed E-state index contributed by atoms with van der Waals surface area (Å²) in [5.41, 5.74) is 0. The highest BCUT2D eigenvalue weighted by Gasteiger charge is 2.22. The van der Waals surface area contributed by atoms with E-state index in [1.807, 2.05) is 91.0 Å². The lowest BCUT2D eigenvalue weighted by molar-refractivity contribution is 0.257. The van der Waals surface area contributed by atoms with Crippen LogP contribution in [0.15, 0.2) is 91.0 Å². The summed E-state index contributed by atoms with van der Waals surface area (Å²) in [5, 5.41) is 2.98. The zero-order valence-electron chi connectivity index (χ0n) is 20.5. The summed E-state index contributed by atoms with van der Waals surface area (Å²) in [5.74, 6) is 0. The minimum atomic E-state index is -1.26. The Kier molecular flexibility index (Phi) is 11.2. The predicted octanol–water partition coefficient (Wildman–Crippen LogP) is 2.92. The standard InChI is InChI=1S/C27H36N3O3P3/c31-34(25-10-4-1-5-11-25)22-28-16-18-29(23-35(32)26-12-6-2-7-13-26)20-21-30(19-17-28)24-36(33)27-14-8-3-9-15-27/h1-15,31-33H,16-24H2. The highest BCUT2D eigenvalue weighted by atomic mass is 31.1. The molecule has 0 spiro atoms. The summed E-state index contributed by atoms with van der Waals surface area (Å²) in [6.45, 7) is 5.03. The summed E-state index contributed by atoms with van der Waals surface area (Å²) in [6, 6.07) is 29.8. The Morgan fingerprint density at radius 1 is 0.417 bits per heavy atom. The van der Waals surface area contributed by atoms with E-state index in [2.05, 4.69) is 14.7 Å². The molecule has 4 rings (SSSR count). The molecule has 3 N–H and O–H groups in total. The summed E-state index contributed by atoms with van der Waals surface area (Å²) < 4.78 is 0. The van der Waals surface area contributed by atoms with Gasteiger partial charge in [-0.05, 0) is 0 Å². The van der Waals surface area contributed by atoms with E-state index in [-0.39, 0.29) is 0 Å². The largest absolute Gasteiger partial charge is 0.368 e. The van der Waals surface area contributed by atoms with Crippen molar-refractivity contribution < 1.29 is 14.7 Å². The Balaban J connectivity index is 1.44. The van der Waals surface area contributed by atoms with Crippen molar-refractivity contribution in [2.45, 2.75) is 0 Å². The van der Waals surface area contributed by atoms with Gasteiger partial charge in [0.2, 0.25) is 0 Å². The first-order chi connectivity index (χ1) is 17.6. The quantitative estimate of drug-likeness (QED) is 0.361. The minimum absolute atomic E-state index is 0.625. The van der Waals surface area contributed by atoms with Crippen LogP contribution in [0.3, 0.4) is 0 Å². The zero-order chi connectivity index (χ0) is 25.2. The second kappa shape index (κ2) is 14.6. The predicted molar refractivity (Wildman–Crippen MR) is 155 cm³/mol. The van der Waals surface area contributed by atoms with Crippen LogP contribution in [-0.2, 0) is 0 Å². The van der Waals surface area contributed by atoms with Crippen molar-refractivity contribution in [3.05, 3.63) is 91.0 Å². The van der Waals surface area contributed by atoms with Crippen molar-refractivity contribution in [3.63, 3.8) is 0 Å². The Morgan fingerprint density at radius 3 is 0.861 bits per heavy atom. The number of nitrogens with zero attached hydrogens (tertiary/aromatic N) is 3. The zero-order valence-corrected chi connectivity index (χ0v) is 23.2. The summed E-state index contributed by atoms with van der Waals surface area (Å²) in [7, 11) is -3.79. The molecule has 0 aliphatic carbocycles. The Bertz CT molecular complexity index is 876. The van der Waals surface area contributed by atoms with E-state index < -0.39 is 24.4 Å². The van der Waals surface area contributed by atoms with Gasteiger partial charge in [0.15, 0.2) is 0 Å². The maximum absolute atomic E-state index is 10.9. The highest BCUT2D eigenvalue weighted by molar-refractivity contribution is 7.60. The smallest absolute Gasteiger partial charge is 0.0707 e. The van der Waals surface area contributed by atoms with Crippen LogP contribution in [0.2, 0.25) is 0 Å². The van der Waals surface area contributed by atoms with Gasteiger partial charge >= 0.3 is 0 Å². The van der Waals surface area contributed by atoms with Gasteiger partial charge < -0.3 is 14.7 Å². The lowest BCUT2D eigenvalue weighted by atomic mass is 10.4. The van der Waals surface area contributed by atoms with Crippen LogP contribution in [0.1, 0.15) is 0 Å². The van der Waals surface area contributed by atoms with E-state index in [1.165, 1.54) is 0 Å². The molecule has 6 nitrogen and oxygen atoms in total. The molecule has 0 amide bonds. The molecule has 1 fully saturated rings. The molecule has 1 saturated heterocycles. The lowest BCUT2D eigenvalue weighted by Gasteiger charge is -2.28. The van der Waals surface area contributed by atoms with Crippen molar-refractivity contribution in [1.82, 2.24) is 14.7 Å². The maximum Gasteiger partial charge on any atom is 0.0707 e. The molecule has 3 aromatic rings. The topological polar surface area (TPSA) is 70.4 Å². The van der Waals surface area contributed by atoms with Gasteiger partial charge in [-0.3, -0.25) is 14.7 Å². The monoisotopic (exact) mass is 543 g/mol. The first kappa shape index (κ1) is 27.7. The van der Waals surface area contributed by atoms with Crippen LogP contribution >= 0.6 is 24.4 Å². The van der Waals surface area contributed by atoms with Crippen LogP contribution in [-0.4, -0.2) is 87.5 Å². The van der Waals surface area contributed by atoms with Crippen molar-refractivity contribution in [3.8, 4) is 0 Å². The van der Waals surface area contributed by atoms with Crippen LogP contribution in [0, 0.1) is 0 Å². The van der Waals surface area contributed by atoms with Crippen molar-refractivity contribution in [1.29, 1.82) is 0 Å². The second-order valence-corrected chi connectivity index (χ2v) is 13.8. The molecule has 0 saturated carbocycles. The third kappa shape index (κ3) is 8.64. The molecular formula is C27H36N3O3P3. The third-order valence-electron chi connectivity index (χ3n) is 6.36. The van der Waals surface area contributed by atoms with Crippen LogP contribution in [0.25, 0.3) is 0 Å². The molecule has 0 bridgehead atoms. The van der Waals surface area contributed by atoms with E-state index in [1.54, 1.807) is 0 Å². The van der Waals surface area contributed by atoms with Gasteiger partial charge in [-0.1, -0.05) is 91.0 Å². The molecule has 3 aromatic carbocycles. The Labute approximate surface area is 218 Å². The van der Waals surface area contributed by atoms with Gasteiger partial charge in [0, 0.05) is 74.0 Å². The first-order valence-corrected chi connectivity index (χ1v) is 16.7. The van der Waals surface area contributed by atoms with Crippen LogP contribution < -0.4 is 15.9 Å². The van der Waals surface area contributed by atoms with Gasteiger partial charge in [0.05, 0.1) is 24.4 Å². The van der Waals surface area contributed by atoms with E-state index >= 15 is 0 Å².